The van der Waals surface area contributed by atoms with Crippen molar-refractivity contribution in [3.8, 4) is 34.0 Å². The average Bonchev–Trinajstić information content (AvgIpc) is 3.04. The van der Waals surface area contributed by atoms with Crippen LogP contribution >= 0.6 is 0 Å². The molecule has 0 radical (unpaired) electrons. The molecule has 1 aromatic heterocycles. The molecule has 0 unspecified atom stereocenters. The van der Waals surface area contributed by atoms with Crippen LogP contribution in [0.5, 0.6) is 11.5 Å². The van der Waals surface area contributed by atoms with Gasteiger partial charge in [0.2, 0.25) is 0 Å². The highest BCUT2D eigenvalue weighted by Crippen LogP contribution is 2.28. The summed E-state index contributed by atoms with van der Waals surface area (Å²) >= 11 is 0. The van der Waals surface area contributed by atoms with Gasteiger partial charge in [-0.05, 0) is 61.0 Å². The second-order valence-corrected chi connectivity index (χ2v) is 6.29. The van der Waals surface area contributed by atoms with E-state index in [2.05, 4.69) is 13.0 Å². The van der Waals surface area contributed by atoms with Crippen LogP contribution in [-0.2, 0) is 6.54 Å². The number of benzene rings is 2. The van der Waals surface area contributed by atoms with E-state index < -0.39 is 0 Å². The van der Waals surface area contributed by atoms with E-state index in [4.69, 9.17) is 5.10 Å². The molecule has 0 bridgehead atoms. The Bertz CT molecular complexity index is 805. The highest BCUT2D eigenvalue weighted by Gasteiger charge is 2.11. The van der Waals surface area contributed by atoms with Crippen molar-refractivity contribution in [1.29, 1.82) is 0 Å². The maximum absolute atomic E-state index is 9.54. The van der Waals surface area contributed by atoms with Crippen LogP contribution in [0.3, 0.4) is 0 Å². The fourth-order valence-corrected chi connectivity index (χ4v) is 2.91. The zero-order chi connectivity index (χ0) is 17.6. The summed E-state index contributed by atoms with van der Waals surface area (Å²) in [6.45, 7) is 3.08. The number of rotatable bonds is 7. The third kappa shape index (κ3) is 4.21. The first kappa shape index (κ1) is 17.1. The van der Waals surface area contributed by atoms with Crippen LogP contribution in [0.4, 0.5) is 0 Å². The first-order valence-corrected chi connectivity index (χ1v) is 8.84. The quantitative estimate of drug-likeness (QED) is 0.582. The van der Waals surface area contributed by atoms with Crippen LogP contribution in [0.15, 0.2) is 54.6 Å². The maximum Gasteiger partial charge on any atom is 0.115 e. The van der Waals surface area contributed by atoms with Crippen molar-refractivity contribution in [3.63, 3.8) is 0 Å². The molecule has 0 saturated heterocycles. The summed E-state index contributed by atoms with van der Waals surface area (Å²) in [7, 11) is 0. The highest BCUT2D eigenvalue weighted by atomic mass is 16.3. The van der Waals surface area contributed by atoms with Gasteiger partial charge in [0.1, 0.15) is 11.5 Å². The number of hydrogen-bond donors (Lipinski definition) is 2. The minimum atomic E-state index is 0.251. The Labute approximate surface area is 148 Å². The van der Waals surface area contributed by atoms with Crippen molar-refractivity contribution in [2.75, 3.05) is 0 Å². The largest absolute Gasteiger partial charge is 0.508 e. The fraction of sp³-hybridized carbons (Fsp3) is 0.286. The standard InChI is InChI=1S/C21H24N2O2/c1-2-3-4-5-14-23-21(17-8-12-19(25)13-9-17)15-20(22-23)16-6-10-18(24)11-7-16/h6-13,15,24-25H,2-5,14H2,1H3. The normalized spacial score (nSPS) is 10.9. The Hall–Kier alpha value is -2.75. The molecule has 0 atom stereocenters. The zero-order valence-electron chi connectivity index (χ0n) is 14.5. The summed E-state index contributed by atoms with van der Waals surface area (Å²) in [4.78, 5) is 0. The number of unbranched alkanes of at least 4 members (excludes halogenated alkanes) is 3. The average molecular weight is 336 g/mol. The molecule has 3 rings (SSSR count). The molecule has 4 heteroatoms. The molecule has 2 N–H and O–H groups in total. The Morgan fingerprint density at radius 1 is 0.800 bits per heavy atom. The van der Waals surface area contributed by atoms with E-state index in [1.807, 2.05) is 28.9 Å². The minimum absolute atomic E-state index is 0.251. The topological polar surface area (TPSA) is 58.3 Å². The molecule has 3 aromatic rings. The van der Waals surface area contributed by atoms with E-state index in [0.29, 0.717) is 0 Å². The summed E-state index contributed by atoms with van der Waals surface area (Å²) in [5, 5.41) is 23.8. The number of phenolic OH excluding ortho intramolecular Hbond substituents is 2. The molecule has 0 aliphatic rings. The summed E-state index contributed by atoms with van der Waals surface area (Å²) in [6.07, 6.45) is 4.73. The van der Waals surface area contributed by atoms with Gasteiger partial charge in [-0.25, -0.2) is 0 Å². The molecule has 0 saturated carbocycles. The van der Waals surface area contributed by atoms with Crippen molar-refractivity contribution in [2.24, 2.45) is 0 Å². The molecule has 4 nitrogen and oxygen atoms in total. The molecule has 0 aliphatic carbocycles. The lowest BCUT2D eigenvalue weighted by atomic mass is 10.1. The Morgan fingerprint density at radius 2 is 1.40 bits per heavy atom. The number of aromatic nitrogens is 2. The third-order valence-electron chi connectivity index (χ3n) is 4.33. The van der Waals surface area contributed by atoms with Gasteiger partial charge in [0.05, 0.1) is 11.4 Å². The number of nitrogens with zero attached hydrogens (tertiary/aromatic N) is 2. The van der Waals surface area contributed by atoms with E-state index >= 15 is 0 Å². The molecular weight excluding hydrogens is 312 g/mol. The van der Waals surface area contributed by atoms with Crippen LogP contribution in [0, 0.1) is 0 Å². The van der Waals surface area contributed by atoms with E-state index in [1.165, 1.54) is 19.3 Å². The van der Waals surface area contributed by atoms with Crippen molar-refractivity contribution in [2.45, 2.75) is 39.2 Å². The Kier molecular flexibility index (Phi) is 5.39. The minimum Gasteiger partial charge on any atom is -0.508 e. The van der Waals surface area contributed by atoms with Gasteiger partial charge in [-0.3, -0.25) is 4.68 Å². The van der Waals surface area contributed by atoms with E-state index in [-0.39, 0.29) is 11.5 Å². The lowest BCUT2D eigenvalue weighted by Crippen LogP contribution is -2.02. The molecule has 130 valence electrons. The lowest BCUT2D eigenvalue weighted by molar-refractivity contribution is 0.475. The first-order chi connectivity index (χ1) is 12.2. The first-order valence-electron chi connectivity index (χ1n) is 8.84. The molecule has 0 fully saturated rings. The monoisotopic (exact) mass is 336 g/mol. The highest BCUT2D eigenvalue weighted by molar-refractivity contribution is 5.69. The molecule has 0 spiro atoms. The van der Waals surface area contributed by atoms with Crippen molar-refractivity contribution < 1.29 is 10.2 Å². The van der Waals surface area contributed by atoms with Gasteiger partial charge < -0.3 is 10.2 Å². The summed E-state index contributed by atoms with van der Waals surface area (Å²) in [6, 6.07) is 16.4. The molecule has 1 heterocycles. The lowest BCUT2D eigenvalue weighted by Gasteiger charge is -2.07. The van der Waals surface area contributed by atoms with Crippen molar-refractivity contribution in [1.82, 2.24) is 9.78 Å². The van der Waals surface area contributed by atoms with E-state index in [9.17, 15) is 10.2 Å². The second kappa shape index (κ2) is 7.88. The molecule has 0 amide bonds. The fourth-order valence-electron chi connectivity index (χ4n) is 2.91. The van der Waals surface area contributed by atoms with Crippen LogP contribution in [0.2, 0.25) is 0 Å². The van der Waals surface area contributed by atoms with Crippen LogP contribution in [0.25, 0.3) is 22.5 Å². The number of aromatic hydroxyl groups is 2. The number of aryl methyl sites for hydroxylation is 1. The molecule has 0 aliphatic heterocycles. The van der Waals surface area contributed by atoms with Crippen LogP contribution in [0.1, 0.15) is 32.6 Å². The summed E-state index contributed by atoms with van der Waals surface area (Å²) in [5.74, 6) is 0.512. The van der Waals surface area contributed by atoms with E-state index in [0.717, 1.165) is 35.5 Å². The Morgan fingerprint density at radius 3 is 2.00 bits per heavy atom. The van der Waals surface area contributed by atoms with Gasteiger partial charge in [-0.2, -0.15) is 5.10 Å². The van der Waals surface area contributed by atoms with Gasteiger partial charge in [0.25, 0.3) is 0 Å². The van der Waals surface area contributed by atoms with Gasteiger partial charge in [-0.1, -0.05) is 26.2 Å². The second-order valence-electron chi connectivity index (χ2n) is 6.29. The van der Waals surface area contributed by atoms with Gasteiger partial charge in [0.15, 0.2) is 0 Å². The van der Waals surface area contributed by atoms with Gasteiger partial charge >= 0.3 is 0 Å². The van der Waals surface area contributed by atoms with Crippen molar-refractivity contribution >= 4 is 0 Å². The summed E-state index contributed by atoms with van der Waals surface area (Å²) < 4.78 is 2.05. The summed E-state index contributed by atoms with van der Waals surface area (Å²) in [5.41, 5.74) is 3.94. The maximum atomic E-state index is 9.54. The predicted octanol–water partition coefficient (Wildman–Crippen LogP) is 5.21. The van der Waals surface area contributed by atoms with Crippen LogP contribution in [-0.4, -0.2) is 20.0 Å². The smallest absolute Gasteiger partial charge is 0.115 e. The molecular formula is C21H24N2O2. The molecule has 2 aromatic carbocycles. The zero-order valence-corrected chi connectivity index (χ0v) is 14.5. The van der Waals surface area contributed by atoms with Crippen LogP contribution < -0.4 is 0 Å². The van der Waals surface area contributed by atoms with Gasteiger partial charge in [-0.15, -0.1) is 0 Å². The SMILES string of the molecule is CCCCCCn1nc(-c2ccc(O)cc2)cc1-c1ccc(O)cc1. The third-order valence-corrected chi connectivity index (χ3v) is 4.33. The Balaban J connectivity index is 1.92. The van der Waals surface area contributed by atoms with E-state index in [1.54, 1.807) is 24.3 Å². The number of hydrogen-bond acceptors (Lipinski definition) is 3. The molecule has 25 heavy (non-hydrogen) atoms. The number of phenols is 2. The van der Waals surface area contributed by atoms with Crippen molar-refractivity contribution in [3.05, 3.63) is 54.6 Å². The van der Waals surface area contributed by atoms with Gasteiger partial charge in [0, 0.05) is 17.7 Å². The predicted molar refractivity (Wildman–Crippen MR) is 101 cm³/mol.